The molecule has 1 aromatic carbocycles. The van der Waals surface area contributed by atoms with Crippen molar-refractivity contribution in [3.63, 3.8) is 0 Å². The average molecular weight is 351 g/mol. The van der Waals surface area contributed by atoms with Gasteiger partial charge in [0.05, 0.1) is 23.8 Å². The molecule has 0 aliphatic carbocycles. The lowest BCUT2D eigenvalue weighted by atomic mass is 10.2. The predicted molar refractivity (Wildman–Crippen MR) is 83.2 cm³/mol. The van der Waals surface area contributed by atoms with Gasteiger partial charge >= 0.3 is 0 Å². The van der Waals surface area contributed by atoms with Crippen LogP contribution in [-0.4, -0.2) is 49.0 Å². The normalized spacial score (nSPS) is 21.1. The van der Waals surface area contributed by atoms with Crippen LogP contribution in [-0.2, 0) is 21.8 Å². The fourth-order valence-electron chi connectivity index (χ4n) is 2.84. The molecule has 0 bridgehead atoms. The minimum absolute atomic E-state index is 0.111. The molecular formula is C15H17N3O5S. The Balaban J connectivity index is 1.59. The maximum absolute atomic E-state index is 12.9. The van der Waals surface area contributed by atoms with Crippen LogP contribution >= 0.6 is 0 Å². The Morgan fingerprint density at radius 3 is 2.88 bits per heavy atom. The summed E-state index contributed by atoms with van der Waals surface area (Å²) in [5.41, 5.74) is 0.864. The molecule has 1 saturated heterocycles. The van der Waals surface area contributed by atoms with Crippen molar-refractivity contribution < 1.29 is 22.6 Å². The molecule has 3 heterocycles. The van der Waals surface area contributed by atoms with E-state index >= 15 is 0 Å². The molecule has 8 nitrogen and oxygen atoms in total. The molecule has 0 saturated carbocycles. The largest absolute Gasteiger partial charge is 0.454 e. The summed E-state index contributed by atoms with van der Waals surface area (Å²) in [4.78, 5) is 0.193. The van der Waals surface area contributed by atoms with E-state index in [0.29, 0.717) is 24.7 Å². The quantitative estimate of drug-likeness (QED) is 0.817. The maximum Gasteiger partial charge on any atom is 0.243 e. The van der Waals surface area contributed by atoms with Crippen LogP contribution in [0.15, 0.2) is 35.5 Å². The second kappa shape index (κ2) is 5.76. The number of morpholine rings is 1. The Morgan fingerprint density at radius 1 is 1.25 bits per heavy atom. The second-order valence-corrected chi connectivity index (χ2v) is 7.62. The van der Waals surface area contributed by atoms with Crippen LogP contribution < -0.4 is 9.47 Å². The van der Waals surface area contributed by atoms with Crippen LogP contribution in [0.1, 0.15) is 11.7 Å². The minimum atomic E-state index is -3.63. The summed E-state index contributed by atoms with van der Waals surface area (Å²) in [5, 5.41) is 4.11. The van der Waals surface area contributed by atoms with E-state index in [4.69, 9.17) is 14.2 Å². The summed E-state index contributed by atoms with van der Waals surface area (Å²) in [6.45, 7) is 1.01. The molecule has 1 fully saturated rings. The van der Waals surface area contributed by atoms with Gasteiger partial charge in [0.25, 0.3) is 0 Å². The van der Waals surface area contributed by atoms with Crippen molar-refractivity contribution in [1.29, 1.82) is 0 Å². The summed E-state index contributed by atoms with van der Waals surface area (Å²) in [6, 6.07) is 4.66. The fraction of sp³-hybridized carbons (Fsp3) is 0.400. The highest BCUT2D eigenvalue weighted by atomic mass is 32.2. The van der Waals surface area contributed by atoms with E-state index in [2.05, 4.69) is 5.10 Å². The van der Waals surface area contributed by atoms with Crippen molar-refractivity contribution in [3.8, 4) is 11.5 Å². The molecule has 4 rings (SSSR count). The number of rotatable bonds is 3. The molecule has 0 spiro atoms. The number of hydrogen-bond donors (Lipinski definition) is 0. The van der Waals surface area contributed by atoms with Gasteiger partial charge in [-0.15, -0.1) is 0 Å². The van der Waals surface area contributed by atoms with Gasteiger partial charge in [-0.05, 0) is 12.1 Å². The molecule has 24 heavy (non-hydrogen) atoms. The molecule has 9 heteroatoms. The number of aryl methyl sites for hydroxylation is 1. The SMILES string of the molecule is Cn1cc(C2CN(S(=O)(=O)c3ccc4c(c3)OCO4)CCO2)cn1. The van der Waals surface area contributed by atoms with Gasteiger partial charge in [-0.3, -0.25) is 4.68 Å². The average Bonchev–Trinajstić information content (AvgIpc) is 3.23. The van der Waals surface area contributed by atoms with Crippen LogP contribution in [0, 0.1) is 0 Å². The number of hydrogen-bond acceptors (Lipinski definition) is 6. The summed E-state index contributed by atoms with van der Waals surface area (Å²) in [5.74, 6) is 1.01. The zero-order valence-electron chi connectivity index (χ0n) is 13.1. The Bertz CT molecular complexity index is 864. The molecular weight excluding hydrogens is 334 g/mol. The van der Waals surface area contributed by atoms with Crippen LogP contribution in [0.2, 0.25) is 0 Å². The molecule has 0 N–H and O–H groups in total. The predicted octanol–water partition coefficient (Wildman–Crippen LogP) is 0.911. The molecule has 0 amide bonds. The number of aromatic nitrogens is 2. The van der Waals surface area contributed by atoms with E-state index in [1.54, 1.807) is 16.9 Å². The van der Waals surface area contributed by atoms with Gasteiger partial charge in [0.2, 0.25) is 16.8 Å². The first-order chi connectivity index (χ1) is 11.5. The topological polar surface area (TPSA) is 82.9 Å². The lowest BCUT2D eigenvalue weighted by Crippen LogP contribution is -2.42. The highest BCUT2D eigenvalue weighted by molar-refractivity contribution is 7.89. The molecule has 2 aliphatic heterocycles. The van der Waals surface area contributed by atoms with E-state index < -0.39 is 10.0 Å². The van der Waals surface area contributed by atoms with Crippen molar-refractivity contribution in [2.75, 3.05) is 26.5 Å². The smallest absolute Gasteiger partial charge is 0.243 e. The van der Waals surface area contributed by atoms with E-state index in [9.17, 15) is 8.42 Å². The van der Waals surface area contributed by atoms with Crippen LogP contribution in [0.25, 0.3) is 0 Å². The van der Waals surface area contributed by atoms with Gasteiger partial charge in [-0.2, -0.15) is 9.40 Å². The molecule has 2 aromatic rings. The number of fused-ring (bicyclic) bond motifs is 1. The number of nitrogens with zero attached hydrogens (tertiary/aromatic N) is 3. The highest BCUT2D eigenvalue weighted by Gasteiger charge is 2.33. The molecule has 0 radical (unpaired) electrons. The maximum atomic E-state index is 12.9. The van der Waals surface area contributed by atoms with Crippen molar-refractivity contribution in [2.45, 2.75) is 11.0 Å². The summed E-state index contributed by atoms with van der Waals surface area (Å²) < 4.78 is 45.2. The first-order valence-electron chi connectivity index (χ1n) is 7.54. The van der Waals surface area contributed by atoms with Crippen LogP contribution in [0.3, 0.4) is 0 Å². The molecule has 1 unspecified atom stereocenters. The lowest BCUT2D eigenvalue weighted by molar-refractivity contribution is -0.00259. The Hall–Kier alpha value is -2.10. The van der Waals surface area contributed by atoms with Gasteiger partial charge in [-0.1, -0.05) is 0 Å². The van der Waals surface area contributed by atoms with Crippen molar-refractivity contribution in [1.82, 2.24) is 14.1 Å². The number of ether oxygens (including phenoxy) is 3. The van der Waals surface area contributed by atoms with Crippen molar-refractivity contribution in [3.05, 3.63) is 36.2 Å². The molecule has 128 valence electrons. The Morgan fingerprint density at radius 2 is 2.08 bits per heavy atom. The highest BCUT2D eigenvalue weighted by Crippen LogP contribution is 2.35. The van der Waals surface area contributed by atoms with Crippen LogP contribution in [0.5, 0.6) is 11.5 Å². The fourth-order valence-corrected chi connectivity index (χ4v) is 4.28. The summed E-state index contributed by atoms with van der Waals surface area (Å²) in [7, 11) is -1.81. The van der Waals surface area contributed by atoms with Gasteiger partial charge in [0.1, 0.15) is 0 Å². The van der Waals surface area contributed by atoms with Crippen molar-refractivity contribution >= 4 is 10.0 Å². The minimum Gasteiger partial charge on any atom is -0.454 e. The Kier molecular flexibility index (Phi) is 3.70. The third-order valence-electron chi connectivity index (χ3n) is 4.11. The molecule has 1 aromatic heterocycles. The number of benzene rings is 1. The third-order valence-corrected chi connectivity index (χ3v) is 5.97. The summed E-state index contributed by atoms with van der Waals surface area (Å²) >= 11 is 0. The Labute approximate surface area is 139 Å². The van der Waals surface area contributed by atoms with E-state index in [-0.39, 0.29) is 24.3 Å². The zero-order valence-corrected chi connectivity index (χ0v) is 13.9. The lowest BCUT2D eigenvalue weighted by Gasteiger charge is -2.31. The van der Waals surface area contributed by atoms with Gasteiger partial charge in [0.15, 0.2) is 11.5 Å². The first kappa shape index (κ1) is 15.4. The standard InChI is InChI=1S/C15H17N3O5S/c1-17-8-11(7-16-17)15-9-18(4-5-21-15)24(19,20)12-2-3-13-14(6-12)23-10-22-13/h2-3,6-8,15H,4-5,9-10H2,1H3. The van der Waals surface area contributed by atoms with Gasteiger partial charge in [-0.25, -0.2) is 8.42 Å². The zero-order chi connectivity index (χ0) is 16.7. The first-order valence-corrected chi connectivity index (χ1v) is 8.98. The van der Waals surface area contributed by atoms with Crippen molar-refractivity contribution in [2.24, 2.45) is 7.05 Å². The van der Waals surface area contributed by atoms with E-state index in [1.165, 1.54) is 16.4 Å². The number of sulfonamides is 1. The van der Waals surface area contributed by atoms with Crippen LogP contribution in [0.4, 0.5) is 0 Å². The summed E-state index contributed by atoms with van der Waals surface area (Å²) in [6.07, 6.45) is 3.21. The molecule has 1 atom stereocenters. The molecule has 2 aliphatic rings. The van der Waals surface area contributed by atoms with Gasteiger partial charge in [0, 0.05) is 38.0 Å². The van der Waals surface area contributed by atoms with E-state index in [1.807, 2.05) is 13.2 Å². The second-order valence-electron chi connectivity index (χ2n) is 5.68. The van der Waals surface area contributed by atoms with Gasteiger partial charge < -0.3 is 14.2 Å². The monoisotopic (exact) mass is 351 g/mol. The van der Waals surface area contributed by atoms with E-state index in [0.717, 1.165) is 5.56 Å². The third kappa shape index (κ3) is 2.64.